The molecule has 0 rings (SSSR count). The van der Waals surface area contributed by atoms with E-state index in [1.54, 1.807) is 0 Å². The van der Waals surface area contributed by atoms with Crippen LogP contribution in [0.3, 0.4) is 0 Å². The molecule has 0 aromatic heterocycles. The zero-order valence-corrected chi connectivity index (χ0v) is 42.0. The van der Waals surface area contributed by atoms with Crippen LogP contribution in [0, 0.1) is 41.5 Å². The van der Waals surface area contributed by atoms with E-state index in [2.05, 4.69) is 107 Å². The monoisotopic (exact) mass is 1030 g/mol. The van der Waals surface area contributed by atoms with Crippen LogP contribution in [0.25, 0.3) is 0 Å². The molecular formula is C36H78Mo3O6P2S2. The van der Waals surface area contributed by atoms with Gasteiger partial charge in [0.05, 0.1) is 0 Å². The Hall–Kier alpha value is 3.12. The molecule has 0 aliphatic carbocycles. The molecule has 0 aliphatic heterocycles. The molecule has 0 heterocycles. The van der Waals surface area contributed by atoms with Crippen molar-refractivity contribution in [2.45, 2.75) is 196 Å². The molecular weight excluding hydrogens is 942 g/mol. The van der Waals surface area contributed by atoms with E-state index in [0.29, 0.717) is 0 Å². The van der Waals surface area contributed by atoms with Gasteiger partial charge in [0.2, 0.25) is 0 Å². The molecule has 0 aliphatic rings. The summed E-state index contributed by atoms with van der Waals surface area (Å²) in [6, 6.07) is 0. The Kier molecular flexibility index (Phi) is 138. The fourth-order valence-electron chi connectivity index (χ4n) is 2.34. The Labute approximate surface area is 363 Å². The average molecular weight is 1020 g/mol. The molecule has 0 radical (unpaired) electrons. The first-order chi connectivity index (χ1) is 21.5. The van der Waals surface area contributed by atoms with Crippen LogP contribution in [0.2, 0.25) is 0 Å². The van der Waals surface area contributed by atoms with Gasteiger partial charge in [-0.25, -0.2) is 0 Å². The topological polar surface area (TPSA) is 138 Å². The molecule has 0 unspecified atom stereocenters. The number of hydrogen-bond donors (Lipinski definition) is 0. The number of rotatable bonds is 18. The Morgan fingerprint density at radius 1 is 0.306 bits per heavy atom. The zero-order valence-electron chi connectivity index (χ0n) is 32.6. The van der Waals surface area contributed by atoms with Crippen LogP contribution >= 0.6 is 13.4 Å². The maximum Gasteiger partial charge on any atom is 4.00 e. The van der Waals surface area contributed by atoms with Crippen LogP contribution in [0.15, 0.2) is 0 Å². The molecule has 49 heavy (non-hydrogen) atoms. The summed E-state index contributed by atoms with van der Waals surface area (Å²) in [5.41, 5.74) is 0. The Balaban J connectivity index is -0.0000000377. The third-order valence-electron chi connectivity index (χ3n) is 5.12. The van der Waals surface area contributed by atoms with E-state index in [9.17, 15) is 0 Å². The molecule has 0 atom stereocenters. The minimum absolute atomic E-state index is 0. The Bertz CT molecular complexity index is 423. The van der Waals surface area contributed by atoms with Crippen molar-refractivity contribution in [3.8, 4) is 0 Å². The largest absolute Gasteiger partial charge is 4.00 e. The van der Waals surface area contributed by atoms with Gasteiger partial charge in [-0.15, -0.1) is 0 Å². The standard InChI is InChI=1S/3C8H17.3C4H9.3Mo.2H3O3PS/c3*1-3-5-7-8-6-4-2;3*1-3-4-2;;;;2*1-4(2,3)5/h3*1,3-8H2,2H3;3*1,3-4H2,2H3;;;;2*(H3,1,2,3,5)/q6*-1;3*+4;;/p-6. The minimum Gasteiger partial charge on any atom is -0.844 e. The normalized spacial score (nSPS) is 9.02. The van der Waals surface area contributed by atoms with Gasteiger partial charge in [-0.2, -0.15) is 62.1 Å². The Morgan fingerprint density at radius 3 is 0.510 bits per heavy atom. The third kappa shape index (κ3) is 276. The predicted octanol–water partition coefficient (Wildman–Crippen LogP) is 8.98. The quantitative estimate of drug-likeness (QED) is 0.0575. The fourth-order valence-corrected chi connectivity index (χ4v) is 2.34. The molecule has 0 bridgehead atoms. The van der Waals surface area contributed by atoms with Gasteiger partial charge in [0.1, 0.15) is 0 Å². The average Bonchev–Trinajstić information content (AvgIpc) is 2.99. The van der Waals surface area contributed by atoms with Gasteiger partial charge in [-0.05, 0) is 0 Å². The summed E-state index contributed by atoms with van der Waals surface area (Å²) in [6.07, 6.45) is 30.8. The zero-order chi connectivity index (χ0) is 38.0. The summed E-state index contributed by atoms with van der Waals surface area (Å²) in [7, 11) is 0. The number of unbranched alkanes of at least 4 members (excludes halogenated alkanes) is 18. The minimum atomic E-state index is -4.56. The second-order valence-electron chi connectivity index (χ2n) is 10.3. The molecule has 0 fully saturated rings. The van der Waals surface area contributed by atoms with E-state index in [1.165, 1.54) is 116 Å². The van der Waals surface area contributed by atoms with E-state index >= 15 is 0 Å². The first kappa shape index (κ1) is 80.6. The van der Waals surface area contributed by atoms with E-state index in [4.69, 9.17) is 29.4 Å². The van der Waals surface area contributed by atoms with E-state index in [-0.39, 0.29) is 63.2 Å². The third-order valence-corrected chi connectivity index (χ3v) is 5.12. The summed E-state index contributed by atoms with van der Waals surface area (Å²) < 4.78 is 0. The second-order valence-corrected chi connectivity index (χ2v) is 14.7. The van der Waals surface area contributed by atoms with Gasteiger partial charge in [0.15, 0.2) is 0 Å². The molecule has 298 valence electrons. The molecule has 0 aromatic rings. The molecule has 0 spiro atoms. The molecule has 0 amide bonds. The SMILES string of the molecule is [CH2-]CCC.[CH2-]CCC.[CH2-]CCC.[CH2-]CCCCCCC.[CH2-]CCCCCCC.[CH2-]CCCCCCC.[Mo+4].[Mo+4].[Mo+4].[O-]P([O-])([O-])=S.[O-]P([O-])([O-])=S. The molecule has 0 N–H and O–H groups in total. The predicted molar refractivity (Wildman–Crippen MR) is 206 cm³/mol. The van der Waals surface area contributed by atoms with Crippen molar-refractivity contribution in [3.63, 3.8) is 0 Å². The van der Waals surface area contributed by atoms with Crippen molar-refractivity contribution >= 4 is 37.1 Å². The maximum atomic E-state index is 8.92. The van der Waals surface area contributed by atoms with Gasteiger partial charge < -0.3 is 84.3 Å². The summed E-state index contributed by atoms with van der Waals surface area (Å²) in [5.74, 6) is 0. The number of hydrogen-bond acceptors (Lipinski definition) is 8. The molecule has 0 saturated carbocycles. The first-order valence-electron chi connectivity index (χ1n) is 17.7. The van der Waals surface area contributed by atoms with Crippen LogP contribution in [-0.4, -0.2) is 0 Å². The van der Waals surface area contributed by atoms with Crippen molar-refractivity contribution in [2.24, 2.45) is 0 Å². The van der Waals surface area contributed by atoms with Gasteiger partial charge in [-0.1, -0.05) is 157 Å². The van der Waals surface area contributed by atoms with Crippen molar-refractivity contribution in [2.75, 3.05) is 0 Å². The van der Waals surface area contributed by atoms with Crippen molar-refractivity contribution < 1.29 is 92.6 Å². The smallest absolute Gasteiger partial charge is 0.844 e. The van der Waals surface area contributed by atoms with Crippen molar-refractivity contribution in [3.05, 3.63) is 41.5 Å². The van der Waals surface area contributed by atoms with Crippen molar-refractivity contribution in [1.82, 2.24) is 0 Å². The first-order valence-corrected chi connectivity index (χ1v) is 22.8. The van der Waals surface area contributed by atoms with Crippen LogP contribution in [0.4, 0.5) is 0 Å². The fraction of sp³-hybridized carbons (Fsp3) is 0.833. The van der Waals surface area contributed by atoms with E-state index in [1.807, 2.05) is 0 Å². The second kappa shape index (κ2) is 83.9. The van der Waals surface area contributed by atoms with Gasteiger partial charge >= 0.3 is 63.2 Å². The van der Waals surface area contributed by atoms with Gasteiger partial charge in [-0.3, -0.25) is 0 Å². The van der Waals surface area contributed by atoms with Crippen LogP contribution in [-0.2, 0) is 86.8 Å². The van der Waals surface area contributed by atoms with Crippen LogP contribution in [0.1, 0.15) is 196 Å². The maximum absolute atomic E-state index is 8.92. The van der Waals surface area contributed by atoms with E-state index in [0.717, 1.165) is 38.5 Å². The summed E-state index contributed by atoms with van der Waals surface area (Å²) in [4.78, 5) is 53.5. The summed E-state index contributed by atoms with van der Waals surface area (Å²) in [5, 5.41) is 0. The van der Waals surface area contributed by atoms with Crippen LogP contribution < -0.4 is 29.4 Å². The summed E-state index contributed by atoms with van der Waals surface area (Å²) in [6.45, 7) is 26.1. The van der Waals surface area contributed by atoms with Crippen molar-refractivity contribution in [1.29, 1.82) is 0 Å². The molecule has 0 aromatic carbocycles. The van der Waals surface area contributed by atoms with Gasteiger partial charge in [0, 0.05) is 0 Å². The van der Waals surface area contributed by atoms with Crippen LogP contribution in [0.5, 0.6) is 0 Å². The Morgan fingerprint density at radius 2 is 0.429 bits per heavy atom. The van der Waals surface area contributed by atoms with Gasteiger partial charge in [0.25, 0.3) is 0 Å². The van der Waals surface area contributed by atoms with E-state index < -0.39 is 13.4 Å². The molecule has 0 saturated heterocycles. The summed E-state index contributed by atoms with van der Waals surface area (Å²) >= 11 is 6.54. The molecule has 13 heteroatoms. The molecule has 6 nitrogen and oxygen atoms in total.